The molecule has 2 rings (SSSR count). The number of aryl methyl sites for hydroxylation is 2. The molecular formula is C20H33N. The first-order valence-electron chi connectivity index (χ1n) is 8.87. The lowest BCUT2D eigenvalue weighted by molar-refractivity contribution is 0.183. The summed E-state index contributed by atoms with van der Waals surface area (Å²) in [4.78, 5) is 0. The first-order valence-corrected chi connectivity index (χ1v) is 8.87. The van der Waals surface area contributed by atoms with Gasteiger partial charge in [0, 0.05) is 0 Å². The van der Waals surface area contributed by atoms with Crippen LogP contribution in [-0.4, -0.2) is 13.1 Å². The lowest BCUT2D eigenvalue weighted by atomic mass is 9.72. The molecule has 1 N–H and O–H groups in total. The Hall–Kier alpha value is -0.820. The van der Waals surface area contributed by atoms with Crippen LogP contribution < -0.4 is 5.32 Å². The van der Waals surface area contributed by atoms with Gasteiger partial charge in [0.15, 0.2) is 0 Å². The van der Waals surface area contributed by atoms with Gasteiger partial charge in [0.2, 0.25) is 0 Å². The zero-order valence-corrected chi connectivity index (χ0v) is 14.4. The minimum atomic E-state index is 0.860. The third kappa shape index (κ3) is 4.85. The van der Waals surface area contributed by atoms with Crippen LogP contribution >= 0.6 is 0 Å². The molecule has 0 bridgehead atoms. The normalized spacial score (nSPS) is 26.0. The van der Waals surface area contributed by atoms with E-state index >= 15 is 0 Å². The molecule has 3 atom stereocenters. The fourth-order valence-corrected chi connectivity index (χ4v) is 3.85. The van der Waals surface area contributed by atoms with Gasteiger partial charge in [0.25, 0.3) is 0 Å². The van der Waals surface area contributed by atoms with Crippen molar-refractivity contribution in [2.24, 2.45) is 17.8 Å². The van der Waals surface area contributed by atoms with Crippen LogP contribution in [0.5, 0.6) is 0 Å². The molecule has 1 heteroatoms. The predicted octanol–water partition coefficient (Wildman–Crippen LogP) is 4.90. The van der Waals surface area contributed by atoms with E-state index in [1.807, 2.05) is 0 Å². The van der Waals surface area contributed by atoms with Crippen LogP contribution in [0.1, 0.15) is 56.2 Å². The lowest BCUT2D eigenvalue weighted by Crippen LogP contribution is -2.34. The van der Waals surface area contributed by atoms with Crippen LogP contribution in [0.25, 0.3) is 0 Å². The van der Waals surface area contributed by atoms with Crippen molar-refractivity contribution < 1.29 is 0 Å². The lowest BCUT2D eigenvalue weighted by Gasteiger charge is -2.35. The molecule has 0 radical (unpaired) electrons. The topological polar surface area (TPSA) is 12.0 Å². The van der Waals surface area contributed by atoms with Crippen molar-refractivity contribution in [3.63, 3.8) is 0 Å². The zero-order chi connectivity index (χ0) is 15.2. The van der Waals surface area contributed by atoms with Crippen LogP contribution in [0.2, 0.25) is 0 Å². The molecule has 1 saturated carbocycles. The number of hydrogen-bond donors (Lipinski definition) is 1. The molecule has 21 heavy (non-hydrogen) atoms. The standard InChI is InChI=1S/C20H33N/c1-5-10-21-14-18-9-7-16(3)12-20(18)13-19-11-15(2)6-8-17(19)4/h6,8,11,16,18,20-21H,5,7,9-10,12-14H2,1-4H3. The first kappa shape index (κ1) is 16.5. The van der Waals surface area contributed by atoms with Gasteiger partial charge in [-0.05, 0) is 81.5 Å². The summed E-state index contributed by atoms with van der Waals surface area (Å²) in [6, 6.07) is 6.94. The third-order valence-corrected chi connectivity index (χ3v) is 5.22. The molecule has 118 valence electrons. The highest BCUT2D eigenvalue weighted by Crippen LogP contribution is 2.36. The Morgan fingerprint density at radius 1 is 1.14 bits per heavy atom. The fourth-order valence-electron chi connectivity index (χ4n) is 3.85. The summed E-state index contributed by atoms with van der Waals surface area (Å²) >= 11 is 0. The maximum atomic E-state index is 3.66. The Labute approximate surface area is 131 Å². The predicted molar refractivity (Wildman–Crippen MR) is 92.8 cm³/mol. The van der Waals surface area contributed by atoms with E-state index in [-0.39, 0.29) is 0 Å². The Morgan fingerprint density at radius 3 is 2.71 bits per heavy atom. The van der Waals surface area contributed by atoms with Crippen molar-refractivity contribution in [2.75, 3.05) is 13.1 Å². The molecule has 0 amide bonds. The largest absolute Gasteiger partial charge is 0.316 e. The Balaban J connectivity index is 2.03. The van der Waals surface area contributed by atoms with Crippen molar-refractivity contribution in [1.82, 2.24) is 5.32 Å². The fraction of sp³-hybridized carbons (Fsp3) is 0.700. The molecule has 1 aliphatic carbocycles. The van der Waals surface area contributed by atoms with Crippen LogP contribution in [0.15, 0.2) is 18.2 Å². The van der Waals surface area contributed by atoms with E-state index in [1.165, 1.54) is 56.3 Å². The van der Waals surface area contributed by atoms with E-state index in [0.29, 0.717) is 0 Å². The Kier molecular flexibility index (Phi) is 6.29. The maximum absolute atomic E-state index is 3.66. The van der Waals surface area contributed by atoms with Crippen molar-refractivity contribution in [3.8, 4) is 0 Å². The van der Waals surface area contributed by atoms with E-state index in [1.54, 1.807) is 5.56 Å². The minimum Gasteiger partial charge on any atom is -0.316 e. The maximum Gasteiger partial charge on any atom is -0.00178 e. The van der Waals surface area contributed by atoms with Crippen molar-refractivity contribution in [3.05, 3.63) is 34.9 Å². The molecule has 0 aliphatic heterocycles. The molecule has 0 heterocycles. The molecule has 0 saturated heterocycles. The highest BCUT2D eigenvalue weighted by molar-refractivity contribution is 5.30. The zero-order valence-electron chi connectivity index (χ0n) is 14.4. The average molecular weight is 287 g/mol. The summed E-state index contributed by atoms with van der Waals surface area (Å²) in [5.41, 5.74) is 4.45. The van der Waals surface area contributed by atoms with Gasteiger partial charge in [-0.2, -0.15) is 0 Å². The SMILES string of the molecule is CCCNCC1CCC(C)CC1Cc1cc(C)ccc1C. The summed E-state index contributed by atoms with van der Waals surface area (Å²) in [6.07, 6.45) is 6.75. The van der Waals surface area contributed by atoms with Gasteiger partial charge in [0.05, 0.1) is 0 Å². The van der Waals surface area contributed by atoms with Gasteiger partial charge in [-0.1, -0.05) is 44.0 Å². The monoisotopic (exact) mass is 287 g/mol. The molecule has 0 aromatic heterocycles. The van der Waals surface area contributed by atoms with Crippen LogP contribution in [0.4, 0.5) is 0 Å². The molecule has 1 fully saturated rings. The molecule has 1 aromatic rings. The Morgan fingerprint density at radius 2 is 1.95 bits per heavy atom. The van der Waals surface area contributed by atoms with E-state index in [0.717, 1.165) is 17.8 Å². The summed E-state index contributed by atoms with van der Waals surface area (Å²) in [7, 11) is 0. The van der Waals surface area contributed by atoms with Crippen LogP contribution in [0, 0.1) is 31.6 Å². The average Bonchev–Trinajstić information content (AvgIpc) is 2.45. The molecule has 0 spiro atoms. The number of benzene rings is 1. The number of nitrogens with one attached hydrogen (secondary N) is 1. The van der Waals surface area contributed by atoms with E-state index in [9.17, 15) is 0 Å². The molecule has 1 aliphatic rings. The summed E-state index contributed by atoms with van der Waals surface area (Å²) in [6.45, 7) is 11.6. The second-order valence-electron chi connectivity index (χ2n) is 7.28. The highest BCUT2D eigenvalue weighted by atomic mass is 14.9. The number of hydrogen-bond acceptors (Lipinski definition) is 1. The molecular weight excluding hydrogens is 254 g/mol. The minimum absolute atomic E-state index is 0.860. The van der Waals surface area contributed by atoms with Gasteiger partial charge in [-0.3, -0.25) is 0 Å². The van der Waals surface area contributed by atoms with Gasteiger partial charge in [-0.15, -0.1) is 0 Å². The van der Waals surface area contributed by atoms with Crippen molar-refractivity contribution in [1.29, 1.82) is 0 Å². The van der Waals surface area contributed by atoms with Crippen LogP contribution in [-0.2, 0) is 6.42 Å². The van der Waals surface area contributed by atoms with E-state index in [4.69, 9.17) is 0 Å². The van der Waals surface area contributed by atoms with Crippen molar-refractivity contribution in [2.45, 2.75) is 59.8 Å². The van der Waals surface area contributed by atoms with Gasteiger partial charge < -0.3 is 5.32 Å². The summed E-state index contributed by atoms with van der Waals surface area (Å²) in [5.74, 6) is 2.63. The van der Waals surface area contributed by atoms with E-state index < -0.39 is 0 Å². The van der Waals surface area contributed by atoms with Gasteiger partial charge in [0.1, 0.15) is 0 Å². The highest BCUT2D eigenvalue weighted by Gasteiger charge is 2.28. The summed E-state index contributed by atoms with van der Waals surface area (Å²) < 4.78 is 0. The smallest absolute Gasteiger partial charge is 0.00178 e. The third-order valence-electron chi connectivity index (χ3n) is 5.22. The van der Waals surface area contributed by atoms with Crippen molar-refractivity contribution >= 4 is 0 Å². The van der Waals surface area contributed by atoms with Gasteiger partial charge >= 0.3 is 0 Å². The van der Waals surface area contributed by atoms with Gasteiger partial charge in [-0.25, -0.2) is 0 Å². The molecule has 1 nitrogen and oxygen atoms in total. The van der Waals surface area contributed by atoms with E-state index in [2.05, 4.69) is 51.2 Å². The second-order valence-corrected chi connectivity index (χ2v) is 7.28. The summed E-state index contributed by atoms with van der Waals surface area (Å²) in [5, 5.41) is 3.66. The molecule has 3 unspecified atom stereocenters. The van der Waals surface area contributed by atoms with Crippen LogP contribution in [0.3, 0.4) is 0 Å². The Bertz CT molecular complexity index is 437. The second kappa shape index (κ2) is 7.98. The molecule has 1 aromatic carbocycles. The first-order chi connectivity index (χ1) is 10.1. The number of rotatable bonds is 6. The quantitative estimate of drug-likeness (QED) is 0.734.